The van der Waals surface area contributed by atoms with E-state index in [9.17, 15) is 0 Å². The van der Waals surface area contributed by atoms with Crippen molar-refractivity contribution in [2.75, 3.05) is 7.11 Å². The predicted octanol–water partition coefficient (Wildman–Crippen LogP) is 6.82. The Bertz CT molecular complexity index is 1700. The number of hydrogen-bond acceptors (Lipinski definition) is 1. The maximum atomic E-state index is 5.35. The van der Waals surface area contributed by atoms with Crippen molar-refractivity contribution >= 4 is 23.1 Å². The number of benzene rings is 3. The lowest BCUT2D eigenvalue weighted by molar-refractivity contribution is -0.686. The van der Waals surface area contributed by atoms with E-state index in [4.69, 9.17) is 4.74 Å². The molecule has 7 rings (SSSR count). The number of pyridine rings is 2. The summed E-state index contributed by atoms with van der Waals surface area (Å²) in [6.45, 7) is 2.09. The van der Waals surface area contributed by atoms with Crippen molar-refractivity contribution in [2.24, 2.45) is 0 Å². The molecule has 0 saturated heterocycles. The molecular weight excluding hydrogens is 464 g/mol. The Morgan fingerprint density at radius 1 is 0.711 bits per heavy atom. The molecule has 38 heavy (non-hydrogen) atoms. The first-order chi connectivity index (χ1) is 18.8. The van der Waals surface area contributed by atoms with Gasteiger partial charge < -0.3 is 4.74 Å². The minimum atomic E-state index is 0.879. The molecule has 4 heterocycles. The van der Waals surface area contributed by atoms with Gasteiger partial charge in [0.25, 0.3) is 0 Å². The highest BCUT2D eigenvalue weighted by Crippen LogP contribution is 2.40. The highest BCUT2D eigenvalue weighted by Gasteiger charge is 2.32. The molecule has 0 spiro atoms. The first kappa shape index (κ1) is 22.9. The molecule has 5 aromatic rings. The van der Waals surface area contributed by atoms with Gasteiger partial charge in [0.1, 0.15) is 18.8 Å². The molecule has 0 atom stereocenters. The van der Waals surface area contributed by atoms with Crippen LogP contribution < -0.4 is 13.9 Å². The van der Waals surface area contributed by atoms with Crippen LogP contribution in [0.15, 0.2) is 91.1 Å². The Morgan fingerprint density at radius 3 is 2.26 bits per heavy atom. The third-order valence-corrected chi connectivity index (χ3v) is 8.16. The van der Waals surface area contributed by atoms with E-state index < -0.39 is 0 Å². The van der Waals surface area contributed by atoms with Crippen molar-refractivity contribution in [3.05, 3.63) is 113 Å². The maximum Gasteiger partial charge on any atom is 0.214 e. The molecule has 0 radical (unpaired) electrons. The fourth-order valence-electron chi connectivity index (χ4n) is 6.33. The summed E-state index contributed by atoms with van der Waals surface area (Å²) < 4.78 is 10.4. The predicted molar refractivity (Wildman–Crippen MR) is 154 cm³/mol. The molecule has 0 aliphatic carbocycles. The van der Waals surface area contributed by atoms with E-state index in [0.29, 0.717) is 0 Å². The molecule has 3 heteroatoms. The van der Waals surface area contributed by atoms with Gasteiger partial charge in [0.05, 0.1) is 23.6 Å². The van der Waals surface area contributed by atoms with Crippen LogP contribution in [-0.2, 0) is 25.9 Å². The van der Waals surface area contributed by atoms with Gasteiger partial charge in [0.15, 0.2) is 6.20 Å². The van der Waals surface area contributed by atoms with E-state index in [1.807, 2.05) is 12.1 Å². The fraction of sp³-hybridized carbons (Fsp3) is 0.200. The average molecular weight is 497 g/mol. The molecule has 186 valence electrons. The quantitative estimate of drug-likeness (QED) is 0.251. The zero-order valence-corrected chi connectivity index (χ0v) is 21.9. The van der Waals surface area contributed by atoms with Crippen LogP contribution in [0, 0.1) is 0 Å². The van der Waals surface area contributed by atoms with Crippen LogP contribution in [0.1, 0.15) is 35.1 Å². The molecule has 0 amide bonds. The average Bonchev–Trinajstić information content (AvgIpc) is 3.28. The third kappa shape index (κ3) is 3.90. The maximum absolute atomic E-state index is 5.35. The number of aromatic nitrogens is 2. The molecule has 0 fully saturated rings. The Balaban J connectivity index is 1.49. The minimum absolute atomic E-state index is 0.879. The molecule has 2 aliphatic heterocycles. The normalized spacial score (nSPS) is 14.2. The Kier molecular flexibility index (Phi) is 5.77. The minimum Gasteiger partial charge on any atom is -0.497 e. The molecule has 3 nitrogen and oxygen atoms in total. The summed E-state index contributed by atoms with van der Waals surface area (Å²) in [5, 5.41) is 1.29. The van der Waals surface area contributed by atoms with Crippen LogP contribution >= 0.6 is 0 Å². The first-order valence-electron chi connectivity index (χ1n) is 13.7. The largest absolute Gasteiger partial charge is 0.497 e. The summed E-state index contributed by atoms with van der Waals surface area (Å²) in [5.74, 6) is 0.879. The molecule has 2 aromatic heterocycles. The number of aryl methyl sites for hydroxylation is 4. The Morgan fingerprint density at radius 2 is 1.45 bits per heavy atom. The monoisotopic (exact) mass is 496 g/mol. The van der Waals surface area contributed by atoms with Gasteiger partial charge in [-0.3, -0.25) is 0 Å². The SMILES string of the molecule is COc1ccc(/C=C/c2cc3[n+](c4ccccc24)CCCc2ccc4c(c2-3)-c2cccc[n+]2CCC4)cc1. The van der Waals surface area contributed by atoms with Gasteiger partial charge in [-0.1, -0.05) is 48.6 Å². The van der Waals surface area contributed by atoms with E-state index in [1.54, 1.807) is 7.11 Å². The number of hydrogen-bond donors (Lipinski definition) is 0. The van der Waals surface area contributed by atoms with Gasteiger partial charge in [-0.05, 0) is 59.4 Å². The summed E-state index contributed by atoms with van der Waals surface area (Å²) in [4.78, 5) is 0. The summed E-state index contributed by atoms with van der Waals surface area (Å²) in [7, 11) is 1.71. The van der Waals surface area contributed by atoms with Gasteiger partial charge in [0.2, 0.25) is 16.9 Å². The summed E-state index contributed by atoms with van der Waals surface area (Å²) in [6.07, 6.45) is 11.3. The van der Waals surface area contributed by atoms with Gasteiger partial charge in [-0.15, -0.1) is 0 Å². The van der Waals surface area contributed by atoms with E-state index in [0.717, 1.165) is 43.7 Å². The van der Waals surface area contributed by atoms with E-state index in [-0.39, 0.29) is 0 Å². The van der Waals surface area contributed by atoms with Crippen molar-refractivity contribution in [1.29, 1.82) is 0 Å². The lowest BCUT2D eigenvalue weighted by atomic mass is 9.88. The molecule has 0 bridgehead atoms. The van der Waals surface area contributed by atoms with Crippen molar-refractivity contribution in [1.82, 2.24) is 0 Å². The van der Waals surface area contributed by atoms with E-state index in [2.05, 4.69) is 100 Å². The van der Waals surface area contributed by atoms with Crippen molar-refractivity contribution in [3.63, 3.8) is 0 Å². The Labute approximate surface area is 224 Å². The van der Waals surface area contributed by atoms with Gasteiger partial charge in [-0.25, -0.2) is 0 Å². The molecular formula is C35H32N2O+2. The number of methoxy groups -OCH3 is 1. The van der Waals surface area contributed by atoms with Crippen LogP contribution in [-0.4, -0.2) is 7.11 Å². The van der Waals surface area contributed by atoms with Crippen LogP contribution in [0.25, 0.3) is 45.6 Å². The zero-order chi connectivity index (χ0) is 25.5. The lowest BCUT2D eigenvalue weighted by Crippen LogP contribution is -2.37. The highest BCUT2D eigenvalue weighted by molar-refractivity contribution is 5.92. The summed E-state index contributed by atoms with van der Waals surface area (Å²) in [6, 6.07) is 31.0. The second-order valence-corrected chi connectivity index (χ2v) is 10.4. The summed E-state index contributed by atoms with van der Waals surface area (Å²) >= 11 is 0. The third-order valence-electron chi connectivity index (χ3n) is 8.16. The second kappa shape index (κ2) is 9.57. The first-order valence-corrected chi connectivity index (χ1v) is 13.7. The van der Waals surface area contributed by atoms with Crippen LogP contribution in [0.2, 0.25) is 0 Å². The van der Waals surface area contributed by atoms with Crippen molar-refractivity contribution in [3.8, 4) is 28.3 Å². The number of fused-ring (bicyclic) bond motifs is 9. The molecule has 0 N–H and O–H groups in total. The number of para-hydroxylation sites is 1. The van der Waals surface area contributed by atoms with Gasteiger partial charge in [-0.2, -0.15) is 9.13 Å². The van der Waals surface area contributed by atoms with Crippen LogP contribution in [0.5, 0.6) is 5.75 Å². The fourth-order valence-corrected chi connectivity index (χ4v) is 6.33. The Hall–Kier alpha value is -4.24. The highest BCUT2D eigenvalue weighted by atomic mass is 16.5. The summed E-state index contributed by atoms with van der Waals surface area (Å²) in [5.41, 5.74) is 12.2. The molecule has 0 unspecified atom stereocenters. The second-order valence-electron chi connectivity index (χ2n) is 10.4. The molecule has 3 aromatic carbocycles. The zero-order valence-electron chi connectivity index (χ0n) is 21.9. The standard InChI is InChI=1S/C35H32N2O/c1-38-29-19-14-25(15-20-29)13-16-28-24-33-35-27(9-7-23-37(33)31-11-3-2-10-30(28)31)18-17-26-8-6-22-36-21-5-4-12-32(36)34(26)35/h2-5,10-21,24H,6-9,22-23H2,1H3/q+2/b16-13+. The molecule has 0 saturated carbocycles. The van der Waals surface area contributed by atoms with Crippen LogP contribution in [0.3, 0.4) is 0 Å². The van der Waals surface area contributed by atoms with Crippen molar-refractivity contribution < 1.29 is 13.9 Å². The van der Waals surface area contributed by atoms with E-state index >= 15 is 0 Å². The smallest absolute Gasteiger partial charge is 0.214 e. The van der Waals surface area contributed by atoms with Gasteiger partial charge >= 0.3 is 0 Å². The number of ether oxygens (including phenoxy) is 1. The van der Waals surface area contributed by atoms with Gasteiger partial charge in [0, 0.05) is 37.1 Å². The van der Waals surface area contributed by atoms with Crippen molar-refractivity contribution in [2.45, 2.75) is 38.8 Å². The lowest BCUT2D eigenvalue weighted by Gasteiger charge is -2.15. The topological polar surface area (TPSA) is 17.0 Å². The van der Waals surface area contributed by atoms with Crippen LogP contribution in [0.4, 0.5) is 0 Å². The van der Waals surface area contributed by atoms with E-state index in [1.165, 1.54) is 56.5 Å². The number of rotatable bonds is 3. The molecule has 2 aliphatic rings. The number of nitrogens with zero attached hydrogens (tertiary/aromatic N) is 2.